The van der Waals surface area contributed by atoms with Gasteiger partial charge < -0.3 is 0 Å². The highest BCUT2D eigenvalue weighted by Crippen LogP contribution is 2.27. The molecule has 0 amide bonds. The molecule has 0 unspecified atom stereocenters. The van der Waals surface area contributed by atoms with Gasteiger partial charge >= 0.3 is 0 Å². The number of nitro groups is 1. The number of aromatic nitrogens is 1. The van der Waals surface area contributed by atoms with Crippen molar-refractivity contribution >= 4 is 17.3 Å². The maximum Gasteiger partial charge on any atom is 0.292 e. The zero-order valence-electron chi connectivity index (χ0n) is 7.71. The first-order valence-electron chi connectivity index (χ1n) is 3.96. The molecule has 0 atom stereocenters. The molecule has 0 radical (unpaired) electrons. The van der Waals surface area contributed by atoms with Crippen molar-refractivity contribution in [2.75, 3.05) is 0 Å². The fraction of sp³-hybridized carbons (Fsp3) is 0.375. The van der Waals surface area contributed by atoms with Gasteiger partial charge in [0.15, 0.2) is 0 Å². The first kappa shape index (κ1) is 11.8. The van der Waals surface area contributed by atoms with E-state index in [0.717, 1.165) is 6.07 Å². The molecule has 0 aliphatic rings. The molecule has 0 bridgehead atoms. The molecule has 1 aromatic rings. The lowest BCUT2D eigenvalue weighted by molar-refractivity contribution is -0.385. The molecule has 0 fully saturated rings. The molecule has 15 heavy (non-hydrogen) atoms. The van der Waals surface area contributed by atoms with Gasteiger partial charge in [-0.15, -0.1) is 11.6 Å². The number of alkyl halides is 3. The number of rotatable bonds is 3. The Morgan fingerprint density at radius 2 is 2.27 bits per heavy atom. The summed E-state index contributed by atoms with van der Waals surface area (Å²) in [6.45, 7) is 1.35. The molecule has 1 aromatic heterocycles. The lowest BCUT2D eigenvalue weighted by Crippen LogP contribution is -2.03. The van der Waals surface area contributed by atoms with Crippen LogP contribution in [0.5, 0.6) is 0 Å². The van der Waals surface area contributed by atoms with E-state index in [1.54, 1.807) is 0 Å². The van der Waals surface area contributed by atoms with Gasteiger partial charge in [-0.25, -0.2) is 13.8 Å². The van der Waals surface area contributed by atoms with E-state index in [1.807, 2.05) is 0 Å². The van der Waals surface area contributed by atoms with Gasteiger partial charge in [0, 0.05) is 6.07 Å². The highest BCUT2D eigenvalue weighted by molar-refractivity contribution is 6.17. The van der Waals surface area contributed by atoms with Crippen LogP contribution in [0.3, 0.4) is 0 Å². The smallest absolute Gasteiger partial charge is 0.258 e. The minimum atomic E-state index is -2.76. The average Bonchev–Trinajstić information content (AvgIpc) is 2.16. The van der Waals surface area contributed by atoms with E-state index in [2.05, 4.69) is 4.98 Å². The molecule has 0 aromatic carbocycles. The van der Waals surface area contributed by atoms with Crippen molar-refractivity contribution in [3.63, 3.8) is 0 Å². The molecule has 0 aliphatic heterocycles. The van der Waals surface area contributed by atoms with Gasteiger partial charge in [-0.3, -0.25) is 10.1 Å². The summed E-state index contributed by atoms with van der Waals surface area (Å²) in [5.41, 5.74) is -0.837. The number of aryl methyl sites for hydroxylation is 1. The van der Waals surface area contributed by atoms with E-state index in [0.29, 0.717) is 0 Å². The zero-order chi connectivity index (χ0) is 11.6. The normalized spacial score (nSPS) is 10.7. The third-order valence-corrected chi connectivity index (χ3v) is 2.09. The fourth-order valence-electron chi connectivity index (χ4n) is 1.13. The maximum absolute atomic E-state index is 12.4. The second-order valence-electron chi connectivity index (χ2n) is 2.85. The molecule has 0 aliphatic carbocycles. The van der Waals surface area contributed by atoms with E-state index in [1.165, 1.54) is 6.92 Å². The van der Waals surface area contributed by atoms with E-state index in [4.69, 9.17) is 11.6 Å². The Bertz CT molecular complexity index is 398. The van der Waals surface area contributed by atoms with Crippen molar-refractivity contribution in [3.05, 3.63) is 33.1 Å². The number of pyridine rings is 1. The van der Waals surface area contributed by atoms with Crippen LogP contribution in [0.25, 0.3) is 0 Å². The van der Waals surface area contributed by atoms with Crippen LogP contribution in [0, 0.1) is 17.0 Å². The Kier molecular flexibility index (Phi) is 3.52. The van der Waals surface area contributed by atoms with Crippen molar-refractivity contribution in [1.82, 2.24) is 4.98 Å². The molecular formula is C8H7ClF2N2O2. The topological polar surface area (TPSA) is 56.0 Å². The van der Waals surface area contributed by atoms with Crippen LogP contribution < -0.4 is 0 Å². The van der Waals surface area contributed by atoms with Gasteiger partial charge in [0.1, 0.15) is 11.4 Å². The molecule has 7 heteroatoms. The van der Waals surface area contributed by atoms with Gasteiger partial charge in [0.2, 0.25) is 0 Å². The van der Waals surface area contributed by atoms with E-state index in [-0.39, 0.29) is 22.8 Å². The number of hydrogen-bond acceptors (Lipinski definition) is 3. The first-order valence-corrected chi connectivity index (χ1v) is 4.49. The van der Waals surface area contributed by atoms with Crippen LogP contribution in [-0.4, -0.2) is 9.91 Å². The lowest BCUT2D eigenvalue weighted by Gasteiger charge is -2.06. The van der Waals surface area contributed by atoms with Gasteiger partial charge in [-0.2, -0.15) is 0 Å². The summed E-state index contributed by atoms with van der Waals surface area (Å²) in [5.74, 6) is -0.268. The summed E-state index contributed by atoms with van der Waals surface area (Å²) in [7, 11) is 0. The Morgan fingerprint density at radius 1 is 1.67 bits per heavy atom. The van der Waals surface area contributed by atoms with Crippen LogP contribution in [-0.2, 0) is 5.88 Å². The van der Waals surface area contributed by atoms with Crippen molar-refractivity contribution in [3.8, 4) is 0 Å². The largest absolute Gasteiger partial charge is 0.292 e. The molecule has 1 heterocycles. The second-order valence-corrected chi connectivity index (χ2v) is 3.12. The summed E-state index contributed by atoms with van der Waals surface area (Å²) < 4.78 is 24.8. The monoisotopic (exact) mass is 236 g/mol. The molecule has 1 rings (SSSR count). The summed E-state index contributed by atoms with van der Waals surface area (Å²) in [5, 5.41) is 10.5. The zero-order valence-corrected chi connectivity index (χ0v) is 8.46. The highest BCUT2D eigenvalue weighted by atomic mass is 35.5. The second kappa shape index (κ2) is 4.48. The first-order chi connectivity index (χ1) is 6.97. The quantitative estimate of drug-likeness (QED) is 0.461. The van der Waals surface area contributed by atoms with E-state index in [9.17, 15) is 18.9 Å². The third kappa shape index (κ3) is 2.38. The molecule has 0 saturated carbocycles. The number of nitrogens with zero attached hydrogens (tertiary/aromatic N) is 2. The average molecular weight is 237 g/mol. The minimum absolute atomic E-state index is 0.0885. The van der Waals surface area contributed by atoms with Crippen LogP contribution in [0.4, 0.5) is 14.5 Å². The summed E-state index contributed by atoms with van der Waals surface area (Å²) in [4.78, 5) is 13.3. The third-order valence-electron chi connectivity index (χ3n) is 1.84. The van der Waals surface area contributed by atoms with Crippen LogP contribution >= 0.6 is 11.6 Å². The van der Waals surface area contributed by atoms with Crippen molar-refractivity contribution in [2.24, 2.45) is 0 Å². The Balaban J connectivity index is 3.35. The molecule has 82 valence electrons. The molecule has 0 N–H and O–H groups in total. The van der Waals surface area contributed by atoms with Gasteiger partial charge in [0.25, 0.3) is 12.1 Å². The summed E-state index contributed by atoms with van der Waals surface area (Å²) in [6.07, 6.45) is -2.76. The van der Waals surface area contributed by atoms with Gasteiger partial charge in [-0.1, -0.05) is 0 Å². The van der Waals surface area contributed by atoms with Crippen LogP contribution in [0.2, 0.25) is 0 Å². The van der Waals surface area contributed by atoms with E-state index < -0.39 is 17.0 Å². The van der Waals surface area contributed by atoms with E-state index >= 15 is 0 Å². The van der Waals surface area contributed by atoms with Gasteiger partial charge in [-0.05, 0) is 12.5 Å². The molecule has 4 nitrogen and oxygen atoms in total. The van der Waals surface area contributed by atoms with Crippen molar-refractivity contribution < 1.29 is 13.7 Å². The summed E-state index contributed by atoms with van der Waals surface area (Å²) in [6, 6.07) is 1.06. The molecule has 0 saturated heterocycles. The predicted octanol–water partition coefficient (Wildman–Crippen LogP) is 2.97. The maximum atomic E-state index is 12.4. The Hall–Kier alpha value is -1.30. The van der Waals surface area contributed by atoms with Crippen LogP contribution in [0.15, 0.2) is 6.07 Å². The number of hydrogen-bond donors (Lipinski definition) is 0. The van der Waals surface area contributed by atoms with Crippen LogP contribution in [0.1, 0.15) is 23.4 Å². The molecule has 0 spiro atoms. The standard InChI is InChI=1S/C8H7ClF2N2O2/c1-4-2-6(13(14)15)5(3-9)12-7(4)8(10)11/h2,8H,3H2,1H3. The Labute approximate surface area is 89.0 Å². The lowest BCUT2D eigenvalue weighted by atomic mass is 10.2. The fourth-order valence-corrected chi connectivity index (χ4v) is 1.33. The predicted molar refractivity (Wildman–Crippen MR) is 50.1 cm³/mol. The summed E-state index contributed by atoms with van der Waals surface area (Å²) >= 11 is 5.39. The van der Waals surface area contributed by atoms with Gasteiger partial charge in [0.05, 0.1) is 10.8 Å². The molecular weight excluding hydrogens is 230 g/mol. The Morgan fingerprint density at radius 3 is 2.67 bits per heavy atom. The number of halogens is 3. The van der Waals surface area contributed by atoms with Crippen molar-refractivity contribution in [1.29, 1.82) is 0 Å². The van der Waals surface area contributed by atoms with Crippen molar-refractivity contribution in [2.45, 2.75) is 19.2 Å². The minimum Gasteiger partial charge on any atom is -0.258 e. The highest BCUT2D eigenvalue weighted by Gasteiger charge is 2.21. The SMILES string of the molecule is Cc1cc([N+](=O)[O-])c(CCl)nc1C(F)F.